The number of ether oxygens (including phenoxy) is 1. The molecule has 140 valence electrons. The molecule has 4 rings (SSSR count). The topological polar surface area (TPSA) is 112 Å². The van der Waals surface area contributed by atoms with E-state index in [-0.39, 0.29) is 5.95 Å². The molecule has 0 unspecified atom stereocenters. The molecule has 0 aliphatic rings. The van der Waals surface area contributed by atoms with Crippen LogP contribution in [0.5, 0.6) is 5.75 Å². The SMILES string of the molecule is Cc1cc(N)c2cc(Nc3cc(COc4ccccc4)nc(N)n3)ccc2n1. The molecule has 0 atom stereocenters. The average Bonchev–Trinajstić information content (AvgIpc) is 2.67. The van der Waals surface area contributed by atoms with Gasteiger partial charge >= 0.3 is 0 Å². The van der Waals surface area contributed by atoms with Crippen molar-refractivity contribution in [3.05, 3.63) is 72.1 Å². The highest BCUT2D eigenvalue weighted by molar-refractivity contribution is 5.93. The van der Waals surface area contributed by atoms with Gasteiger partial charge in [-0.3, -0.25) is 4.98 Å². The van der Waals surface area contributed by atoms with Crippen LogP contribution < -0.4 is 21.5 Å². The Morgan fingerprint density at radius 2 is 1.75 bits per heavy atom. The minimum atomic E-state index is 0.175. The Balaban J connectivity index is 1.56. The maximum absolute atomic E-state index is 6.13. The Labute approximate surface area is 162 Å². The van der Waals surface area contributed by atoms with E-state index in [1.165, 1.54) is 0 Å². The van der Waals surface area contributed by atoms with Gasteiger partial charge < -0.3 is 21.5 Å². The van der Waals surface area contributed by atoms with Crippen molar-refractivity contribution in [2.24, 2.45) is 0 Å². The number of pyridine rings is 1. The molecule has 2 heterocycles. The number of rotatable bonds is 5. The van der Waals surface area contributed by atoms with E-state index in [0.717, 1.165) is 28.0 Å². The molecule has 0 saturated heterocycles. The van der Waals surface area contributed by atoms with E-state index in [0.29, 0.717) is 23.8 Å². The first-order valence-electron chi connectivity index (χ1n) is 8.82. The Morgan fingerprint density at radius 1 is 0.929 bits per heavy atom. The summed E-state index contributed by atoms with van der Waals surface area (Å²) in [6, 6.07) is 19.0. The van der Waals surface area contributed by atoms with Gasteiger partial charge in [0.25, 0.3) is 0 Å². The molecular weight excluding hydrogens is 352 g/mol. The molecule has 0 aliphatic carbocycles. The number of nitrogen functional groups attached to an aromatic ring is 2. The number of fused-ring (bicyclic) bond motifs is 1. The van der Waals surface area contributed by atoms with Gasteiger partial charge in [-0.1, -0.05) is 18.2 Å². The van der Waals surface area contributed by atoms with Gasteiger partial charge in [0, 0.05) is 28.5 Å². The summed E-state index contributed by atoms with van der Waals surface area (Å²) >= 11 is 0. The van der Waals surface area contributed by atoms with Crippen molar-refractivity contribution in [2.45, 2.75) is 13.5 Å². The van der Waals surface area contributed by atoms with Crippen LogP contribution in [-0.4, -0.2) is 15.0 Å². The molecule has 2 aromatic heterocycles. The van der Waals surface area contributed by atoms with Crippen molar-refractivity contribution >= 4 is 34.0 Å². The van der Waals surface area contributed by atoms with Crippen LogP contribution in [-0.2, 0) is 6.61 Å². The lowest BCUT2D eigenvalue weighted by molar-refractivity contribution is 0.301. The van der Waals surface area contributed by atoms with Gasteiger partial charge in [0.1, 0.15) is 18.2 Å². The maximum Gasteiger partial charge on any atom is 0.222 e. The third-order valence-electron chi connectivity index (χ3n) is 4.17. The molecule has 0 spiro atoms. The smallest absolute Gasteiger partial charge is 0.222 e. The highest BCUT2D eigenvalue weighted by Gasteiger charge is 2.07. The number of para-hydroxylation sites is 1. The second-order valence-electron chi connectivity index (χ2n) is 6.41. The lowest BCUT2D eigenvalue weighted by Gasteiger charge is -2.11. The molecule has 7 heteroatoms. The monoisotopic (exact) mass is 372 g/mol. The van der Waals surface area contributed by atoms with E-state index in [1.807, 2.05) is 61.5 Å². The quantitative estimate of drug-likeness (QED) is 0.488. The summed E-state index contributed by atoms with van der Waals surface area (Å²) in [5.74, 6) is 1.52. The van der Waals surface area contributed by atoms with Crippen LogP contribution in [0.25, 0.3) is 10.9 Å². The van der Waals surface area contributed by atoms with E-state index in [2.05, 4.69) is 20.3 Å². The summed E-state index contributed by atoms with van der Waals surface area (Å²) in [5, 5.41) is 4.13. The summed E-state index contributed by atoms with van der Waals surface area (Å²) in [6.45, 7) is 2.21. The van der Waals surface area contributed by atoms with Crippen molar-refractivity contribution in [3.63, 3.8) is 0 Å². The second-order valence-corrected chi connectivity index (χ2v) is 6.41. The summed E-state index contributed by atoms with van der Waals surface area (Å²) in [6.07, 6.45) is 0. The maximum atomic E-state index is 6.13. The number of nitrogens with two attached hydrogens (primary N) is 2. The summed E-state index contributed by atoms with van der Waals surface area (Å²) in [5.41, 5.74) is 15.9. The van der Waals surface area contributed by atoms with Gasteiger partial charge in [-0.2, -0.15) is 4.98 Å². The van der Waals surface area contributed by atoms with Gasteiger partial charge in [-0.15, -0.1) is 0 Å². The molecule has 0 saturated carbocycles. The van der Waals surface area contributed by atoms with Crippen molar-refractivity contribution in [3.8, 4) is 5.75 Å². The van der Waals surface area contributed by atoms with Gasteiger partial charge in [-0.25, -0.2) is 4.98 Å². The zero-order chi connectivity index (χ0) is 19.5. The summed E-state index contributed by atoms with van der Waals surface area (Å²) in [7, 11) is 0. The van der Waals surface area contributed by atoms with E-state index in [9.17, 15) is 0 Å². The highest BCUT2D eigenvalue weighted by atomic mass is 16.5. The molecule has 28 heavy (non-hydrogen) atoms. The predicted octanol–water partition coefficient (Wildman–Crippen LogP) is 3.82. The number of aryl methyl sites for hydroxylation is 1. The van der Waals surface area contributed by atoms with Crippen LogP contribution in [0.4, 0.5) is 23.1 Å². The third-order valence-corrected chi connectivity index (χ3v) is 4.17. The van der Waals surface area contributed by atoms with Gasteiger partial charge in [0.2, 0.25) is 5.95 Å². The summed E-state index contributed by atoms with van der Waals surface area (Å²) in [4.78, 5) is 13.0. The fourth-order valence-electron chi connectivity index (χ4n) is 2.95. The fourth-order valence-corrected chi connectivity index (χ4v) is 2.95. The summed E-state index contributed by atoms with van der Waals surface area (Å²) < 4.78 is 5.74. The normalized spacial score (nSPS) is 10.8. The number of hydrogen-bond donors (Lipinski definition) is 3. The zero-order valence-corrected chi connectivity index (χ0v) is 15.4. The number of nitrogens with one attached hydrogen (secondary N) is 1. The van der Waals surface area contributed by atoms with Gasteiger partial charge in [-0.05, 0) is 43.3 Å². The molecule has 2 aromatic carbocycles. The van der Waals surface area contributed by atoms with Crippen LogP contribution in [0.1, 0.15) is 11.4 Å². The number of nitrogens with zero attached hydrogens (tertiary/aromatic N) is 3. The fraction of sp³-hybridized carbons (Fsp3) is 0.0952. The standard InChI is InChI=1S/C21H20N6O/c1-13-9-18(22)17-10-14(7-8-19(17)24-13)25-20-11-15(26-21(23)27-20)12-28-16-5-3-2-4-6-16/h2-11H,12H2,1H3,(H2,22,24)(H3,23,25,26,27). The Kier molecular flexibility index (Phi) is 4.63. The van der Waals surface area contributed by atoms with Crippen molar-refractivity contribution in [1.29, 1.82) is 0 Å². The Hall–Kier alpha value is -3.87. The minimum Gasteiger partial charge on any atom is -0.487 e. The van der Waals surface area contributed by atoms with Crippen molar-refractivity contribution in [1.82, 2.24) is 15.0 Å². The van der Waals surface area contributed by atoms with Crippen molar-refractivity contribution in [2.75, 3.05) is 16.8 Å². The van der Waals surface area contributed by atoms with Crippen LogP contribution >= 0.6 is 0 Å². The van der Waals surface area contributed by atoms with Crippen LogP contribution in [0.3, 0.4) is 0 Å². The first-order valence-corrected chi connectivity index (χ1v) is 8.82. The Bertz CT molecular complexity index is 1130. The first-order chi connectivity index (χ1) is 13.6. The van der Waals surface area contributed by atoms with Crippen molar-refractivity contribution < 1.29 is 4.74 Å². The molecule has 4 aromatic rings. The predicted molar refractivity (Wildman–Crippen MR) is 111 cm³/mol. The lowest BCUT2D eigenvalue weighted by Crippen LogP contribution is -2.06. The number of hydrogen-bond acceptors (Lipinski definition) is 7. The second kappa shape index (κ2) is 7.40. The third kappa shape index (κ3) is 3.93. The minimum absolute atomic E-state index is 0.175. The van der Waals surface area contributed by atoms with Crippen LogP contribution in [0.2, 0.25) is 0 Å². The Morgan fingerprint density at radius 3 is 2.57 bits per heavy atom. The zero-order valence-electron chi connectivity index (χ0n) is 15.4. The number of benzene rings is 2. The average molecular weight is 372 g/mol. The highest BCUT2D eigenvalue weighted by Crippen LogP contribution is 2.26. The number of anilines is 4. The van der Waals surface area contributed by atoms with Crippen LogP contribution in [0, 0.1) is 6.92 Å². The molecule has 5 N–H and O–H groups in total. The molecular formula is C21H20N6O. The molecule has 0 aliphatic heterocycles. The molecule has 0 radical (unpaired) electrons. The molecule has 0 bridgehead atoms. The molecule has 7 nitrogen and oxygen atoms in total. The lowest BCUT2D eigenvalue weighted by atomic mass is 10.1. The van der Waals surface area contributed by atoms with E-state index >= 15 is 0 Å². The van der Waals surface area contributed by atoms with E-state index in [4.69, 9.17) is 16.2 Å². The van der Waals surface area contributed by atoms with Gasteiger partial charge in [0.05, 0.1) is 11.2 Å². The van der Waals surface area contributed by atoms with E-state index in [1.54, 1.807) is 6.07 Å². The van der Waals surface area contributed by atoms with E-state index < -0.39 is 0 Å². The van der Waals surface area contributed by atoms with Gasteiger partial charge in [0.15, 0.2) is 0 Å². The van der Waals surface area contributed by atoms with Crippen LogP contribution in [0.15, 0.2) is 60.7 Å². The number of aromatic nitrogens is 3. The first kappa shape index (κ1) is 17.5. The largest absolute Gasteiger partial charge is 0.487 e. The molecule has 0 amide bonds. The molecule has 0 fully saturated rings.